The van der Waals surface area contributed by atoms with Crippen molar-refractivity contribution in [2.24, 2.45) is 0 Å². The molecule has 0 spiro atoms. The standard InChI is InChI=1S/C21H16FN3O2S/c22-17-8-6-16(7-9-17)21-24-18(14-28-21)13-27-20(26)10-15-11-23-25(12-15)19-4-2-1-3-5-19/h1-9,11-12,14H,10,13H2. The fourth-order valence-corrected chi connectivity index (χ4v) is 3.45. The van der Waals surface area contributed by atoms with E-state index in [0.29, 0.717) is 5.69 Å². The Hall–Kier alpha value is -3.32. The van der Waals surface area contributed by atoms with Crippen LogP contribution >= 0.6 is 11.3 Å². The van der Waals surface area contributed by atoms with Gasteiger partial charge in [-0.3, -0.25) is 4.79 Å². The van der Waals surface area contributed by atoms with Gasteiger partial charge in [0.15, 0.2) is 0 Å². The van der Waals surface area contributed by atoms with E-state index in [1.54, 1.807) is 23.0 Å². The van der Waals surface area contributed by atoms with Crippen molar-refractivity contribution in [3.8, 4) is 16.3 Å². The zero-order chi connectivity index (χ0) is 19.3. The number of ether oxygens (including phenoxy) is 1. The molecule has 5 nitrogen and oxygen atoms in total. The summed E-state index contributed by atoms with van der Waals surface area (Å²) in [4.78, 5) is 16.6. The molecule has 140 valence electrons. The summed E-state index contributed by atoms with van der Waals surface area (Å²) in [5.74, 6) is -0.631. The predicted octanol–water partition coefficient (Wildman–Crippen LogP) is 4.42. The smallest absolute Gasteiger partial charge is 0.310 e. The van der Waals surface area contributed by atoms with Gasteiger partial charge in [0.2, 0.25) is 0 Å². The summed E-state index contributed by atoms with van der Waals surface area (Å²) in [6, 6.07) is 15.8. The molecule has 7 heteroatoms. The summed E-state index contributed by atoms with van der Waals surface area (Å²) in [6.45, 7) is 0.101. The Morgan fingerprint density at radius 3 is 2.68 bits per heavy atom. The van der Waals surface area contributed by atoms with Crippen molar-refractivity contribution in [1.82, 2.24) is 14.8 Å². The van der Waals surface area contributed by atoms with Crippen LogP contribution in [-0.2, 0) is 22.6 Å². The number of nitrogens with zero attached hydrogens (tertiary/aromatic N) is 3. The maximum Gasteiger partial charge on any atom is 0.310 e. The number of rotatable bonds is 6. The molecule has 2 heterocycles. The molecule has 0 aliphatic heterocycles. The minimum Gasteiger partial charge on any atom is -0.459 e. The molecule has 0 aliphatic carbocycles. The summed E-state index contributed by atoms with van der Waals surface area (Å²) >= 11 is 1.43. The number of hydrogen-bond acceptors (Lipinski definition) is 5. The molecule has 0 unspecified atom stereocenters. The van der Waals surface area contributed by atoms with Gasteiger partial charge in [0.1, 0.15) is 17.4 Å². The molecule has 0 bridgehead atoms. The Kier molecular flexibility index (Phi) is 5.25. The number of hydrogen-bond donors (Lipinski definition) is 0. The van der Waals surface area contributed by atoms with Crippen molar-refractivity contribution in [2.45, 2.75) is 13.0 Å². The van der Waals surface area contributed by atoms with Gasteiger partial charge in [0.25, 0.3) is 0 Å². The number of esters is 1. The zero-order valence-corrected chi connectivity index (χ0v) is 15.6. The normalized spacial score (nSPS) is 10.8. The highest BCUT2D eigenvalue weighted by molar-refractivity contribution is 7.13. The first-order valence-electron chi connectivity index (χ1n) is 8.62. The average molecular weight is 393 g/mol. The molecular formula is C21H16FN3O2S. The lowest BCUT2D eigenvalue weighted by Gasteiger charge is -2.02. The highest BCUT2D eigenvalue weighted by atomic mass is 32.1. The van der Waals surface area contributed by atoms with Crippen LogP contribution in [0.4, 0.5) is 4.39 Å². The van der Waals surface area contributed by atoms with E-state index in [-0.39, 0.29) is 24.8 Å². The molecule has 0 saturated heterocycles. The second-order valence-corrected chi connectivity index (χ2v) is 6.98. The van der Waals surface area contributed by atoms with E-state index in [2.05, 4.69) is 10.1 Å². The SMILES string of the molecule is O=C(Cc1cnn(-c2ccccc2)c1)OCc1csc(-c2ccc(F)cc2)n1. The lowest BCUT2D eigenvalue weighted by Crippen LogP contribution is -2.07. The third-order valence-corrected chi connectivity index (χ3v) is 4.97. The largest absolute Gasteiger partial charge is 0.459 e. The first-order chi connectivity index (χ1) is 13.7. The van der Waals surface area contributed by atoms with Crippen LogP contribution in [0.15, 0.2) is 72.4 Å². The zero-order valence-electron chi connectivity index (χ0n) is 14.8. The number of benzene rings is 2. The topological polar surface area (TPSA) is 57.0 Å². The van der Waals surface area contributed by atoms with Crippen LogP contribution in [0.1, 0.15) is 11.3 Å². The molecule has 4 rings (SSSR count). The summed E-state index contributed by atoms with van der Waals surface area (Å²) in [7, 11) is 0. The van der Waals surface area contributed by atoms with Crippen molar-refractivity contribution in [2.75, 3.05) is 0 Å². The van der Waals surface area contributed by atoms with Crippen molar-refractivity contribution in [1.29, 1.82) is 0 Å². The molecule has 0 N–H and O–H groups in total. The van der Waals surface area contributed by atoms with Crippen LogP contribution in [0.2, 0.25) is 0 Å². The monoisotopic (exact) mass is 393 g/mol. The van der Waals surface area contributed by atoms with E-state index in [4.69, 9.17) is 4.74 Å². The Bertz CT molecular complexity index is 1070. The van der Waals surface area contributed by atoms with Gasteiger partial charge in [-0.05, 0) is 36.4 Å². The van der Waals surface area contributed by atoms with E-state index in [0.717, 1.165) is 21.8 Å². The molecule has 2 aromatic carbocycles. The summed E-state index contributed by atoms with van der Waals surface area (Å²) < 4.78 is 20.1. The van der Waals surface area contributed by atoms with Crippen LogP contribution in [0.3, 0.4) is 0 Å². The van der Waals surface area contributed by atoms with Gasteiger partial charge in [-0.25, -0.2) is 14.1 Å². The van der Waals surface area contributed by atoms with Gasteiger partial charge in [-0.15, -0.1) is 11.3 Å². The average Bonchev–Trinajstić information content (AvgIpc) is 3.37. The highest BCUT2D eigenvalue weighted by Gasteiger charge is 2.10. The van der Waals surface area contributed by atoms with Crippen LogP contribution in [0.5, 0.6) is 0 Å². The van der Waals surface area contributed by atoms with E-state index < -0.39 is 0 Å². The van der Waals surface area contributed by atoms with E-state index in [1.165, 1.54) is 23.5 Å². The molecule has 0 saturated carbocycles. The third kappa shape index (κ3) is 4.32. The Labute approximate surface area is 165 Å². The molecule has 0 aliphatic rings. The predicted molar refractivity (Wildman–Crippen MR) is 105 cm³/mol. The van der Waals surface area contributed by atoms with Gasteiger partial charge in [-0.1, -0.05) is 18.2 Å². The fraction of sp³-hybridized carbons (Fsp3) is 0.0952. The third-order valence-electron chi connectivity index (χ3n) is 4.03. The first kappa shape index (κ1) is 18.1. The molecule has 28 heavy (non-hydrogen) atoms. The first-order valence-corrected chi connectivity index (χ1v) is 9.50. The fourth-order valence-electron chi connectivity index (χ4n) is 2.64. The second-order valence-electron chi connectivity index (χ2n) is 6.12. The lowest BCUT2D eigenvalue weighted by molar-refractivity contribution is -0.144. The second kappa shape index (κ2) is 8.14. The minimum atomic E-state index is -0.344. The maximum absolute atomic E-state index is 13.0. The Morgan fingerprint density at radius 1 is 1.11 bits per heavy atom. The number of halogens is 1. The number of carbonyl (C=O) groups is 1. The molecule has 2 aromatic heterocycles. The molecular weight excluding hydrogens is 377 g/mol. The van der Waals surface area contributed by atoms with Gasteiger partial charge < -0.3 is 4.74 Å². The number of aromatic nitrogens is 3. The van der Waals surface area contributed by atoms with Gasteiger partial charge in [-0.2, -0.15) is 5.10 Å². The van der Waals surface area contributed by atoms with Crippen molar-refractivity contribution >= 4 is 17.3 Å². The van der Waals surface area contributed by atoms with Gasteiger partial charge in [0.05, 0.1) is 24.0 Å². The molecule has 0 fully saturated rings. The molecule has 4 aromatic rings. The summed E-state index contributed by atoms with van der Waals surface area (Å²) in [6.07, 6.45) is 3.61. The van der Waals surface area contributed by atoms with Crippen LogP contribution in [0, 0.1) is 5.82 Å². The molecule has 0 atom stereocenters. The summed E-state index contributed by atoms with van der Waals surface area (Å²) in [5, 5.41) is 6.86. The maximum atomic E-state index is 13.0. The van der Waals surface area contributed by atoms with Crippen molar-refractivity contribution in [3.63, 3.8) is 0 Å². The van der Waals surface area contributed by atoms with E-state index in [9.17, 15) is 9.18 Å². The van der Waals surface area contributed by atoms with E-state index >= 15 is 0 Å². The van der Waals surface area contributed by atoms with Crippen molar-refractivity contribution in [3.05, 3.63) is 89.4 Å². The van der Waals surface area contributed by atoms with Gasteiger partial charge >= 0.3 is 5.97 Å². The lowest BCUT2D eigenvalue weighted by atomic mass is 10.2. The van der Waals surface area contributed by atoms with Crippen LogP contribution < -0.4 is 0 Å². The van der Waals surface area contributed by atoms with Gasteiger partial charge in [0, 0.05) is 22.7 Å². The number of carbonyl (C=O) groups excluding carboxylic acids is 1. The highest BCUT2D eigenvalue weighted by Crippen LogP contribution is 2.24. The number of para-hydroxylation sites is 1. The van der Waals surface area contributed by atoms with Crippen LogP contribution in [-0.4, -0.2) is 20.7 Å². The van der Waals surface area contributed by atoms with Crippen molar-refractivity contribution < 1.29 is 13.9 Å². The molecule has 0 radical (unpaired) electrons. The Balaban J connectivity index is 1.33. The van der Waals surface area contributed by atoms with E-state index in [1.807, 2.05) is 41.9 Å². The van der Waals surface area contributed by atoms with Crippen LogP contribution in [0.25, 0.3) is 16.3 Å². The quantitative estimate of drug-likeness (QED) is 0.455. The number of thiazole rings is 1. The molecule has 0 amide bonds. The minimum absolute atomic E-state index is 0.101. The Morgan fingerprint density at radius 2 is 1.89 bits per heavy atom. The summed E-state index contributed by atoms with van der Waals surface area (Å²) in [5.41, 5.74) is 3.20.